The monoisotopic (exact) mass is 218 g/mol. The highest BCUT2D eigenvalue weighted by Crippen LogP contribution is 2.11. The van der Waals surface area contributed by atoms with Crippen LogP contribution >= 0.6 is 8.25 Å². The van der Waals surface area contributed by atoms with Gasteiger partial charge in [-0.2, -0.15) is 0 Å². The van der Waals surface area contributed by atoms with Crippen LogP contribution in [0.15, 0.2) is 0 Å². The molecular formula is C5H15O7P. The van der Waals surface area contributed by atoms with Crippen LogP contribution in [0.3, 0.4) is 0 Å². The van der Waals surface area contributed by atoms with Gasteiger partial charge >= 0.3 is 8.25 Å². The van der Waals surface area contributed by atoms with Crippen LogP contribution < -0.4 is 0 Å². The molecule has 0 saturated heterocycles. The minimum absolute atomic E-state index is 0.406. The lowest BCUT2D eigenvalue weighted by molar-refractivity contribution is -0.0328. The van der Waals surface area contributed by atoms with Crippen LogP contribution in [-0.2, 0) is 4.57 Å². The molecule has 0 saturated carbocycles. The first kappa shape index (κ1) is 15.5. The smallest absolute Gasteiger partial charge is 0.314 e. The van der Waals surface area contributed by atoms with Gasteiger partial charge in [-0.1, -0.05) is 0 Å². The number of aliphatic hydroxyl groups excluding tert-OH is 4. The fraction of sp³-hybridized carbons (Fsp3) is 1.00. The zero-order valence-electron chi connectivity index (χ0n) is 6.92. The Morgan fingerprint density at radius 1 is 0.846 bits per heavy atom. The number of hydrogen-bond acceptors (Lipinski definition) is 5. The third kappa shape index (κ3) is 8.32. The van der Waals surface area contributed by atoms with E-state index < -0.39 is 40.1 Å². The Kier molecular flexibility index (Phi) is 10.2. The van der Waals surface area contributed by atoms with Crippen molar-refractivity contribution >= 4 is 8.25 Å². The van der Waals surface area contributed by atoms with Crippen molar-refractivity contribution in [2.24, 2.45) is 5.41 Å². The summed E-state index contributed by atoms with van der Waals surface area (Å²) in [4.78, 5) is 14.3. The molecule has 0 aromatic carbocycles. The van der Waals surface area contributed by atoms with Crippen LogP contribution in [0, 0.1) is 5.41 Å². The summed E-state index contributed by atoms with van der Waals surface area (Å²) in [7, 11) is -3.13. The van der Waals surface area contributed by atoms with Gasteiger partial charge in [-0.15, -0.1) is 0 Å². The van der Waals surface area contributed by atoms with Crippen molar-refractivity contribution < 1.29 is 34.8 Å². The zero-order chi connectivity index (χ0) is 10.9. The van der Waals surface area contributed by atoms with Crippen LogP contribution in [0.1, 0.15) is 0 Å². The molecule has 0 amide bonds. The van der Waals surface area contributed by atoms with Gasteiger partial charge in [0.15, 0.2) is 0 Å². The van der Waals surface area contributed by atoms with Gasteiger partial charge < -0.3 is 30.2 Å². The predicted octanol–water partition coefficient (Wildman–Crippen LogP) is -2.70. The second-order valence-electron chi connectivity index (χ2n) is 2.42. The van der Waals surface area contributed by atoms with Crippen molar-refractivity contribution in [3.63, 3.8) is 0 Å². The minimum atomic E-state index is -3.13. The Morgan fingerprint density at radius 3 is 1.00 bits per heavy atom. The molecule has 0 aliphatic rings. The summed E-state index contributed by atoms with van der Waals surface area (Å²) in [5, 5.41) is 34.0. The van der Waals surface area contributed by atoms with Crippen LogP contribution in [0.5, 0.6) is 0 Å². The normalized spacial score (nSPS) is 11.0. The van der Waals surface area contributed by atoms with Gasteiger partial charge in [-0.3, -0.25) is 4.57 Å². The zero-order valence-corrected chi connectivity index (χ0v) is 7.92. The molecule has 0 radical (unpaired) electrons. The van der Waals surface area contributed by atoms with E-state index in [0.717, 1.165) is 0 Å². The molecule has 13 heavy (non-hydrogen) atoms. The Labute approximate surface area is 75.8 Å². The Morgan fingerprint density at radius 2 is 1.00 bits per heavy atom. The quantitative estimate of drug-likeness (QED) is 0.282. The summed E-state index contributed by atoms with van der Waals surface area (Å²) in [6.07, 6.45) is 0. The average molecular weight is 218 g/mol. The molecule has 82 valence electrons. The molecule has 6 N–H and O–H groups in total. The summed E-state index contributed by atoms with van der Waals surface area (Å²) in [6, 6.07) is 0. The van der Waals surface area contributed by atoms with Crippen molar-refractivity contribution in [1.82, 2.24) is 0 Å². The SMILES string of the molecule is O=[PH](O)O.OCC(CO)(CO)CO. The standard InChI is InChI=1S/C5H12O4.H3O3P/c6-1-5(2-7,3-8)4-9;1-4(2)3/h6-9H,1-4H2;4H,(H2,1,2,3). The van der Waals surface area contributed by atoms with Gasteiger partial charge in [0.05, 0.1) is 31.8 Å². The van der Waals surface area contributed by atoms with Gasteiger partial charge in [0, 0.05) is 0 Å². The maximum Gasteiger partial charge on any atom is 0.314 e. The van der Waals surface area contributed by atoms with Crippen molar-refractivity contribution in [2.75, 3.05) is 26.4 Å². The second-order valence-corrected chi connectivity index (χ2v) is 2.98. The number of rotatable bonds is 4. The lowest BCUT2D eigenvalue weighted by atomic mass is 9.93. The first-order chi connectivity index (χ1) is 5.97. The molecule has 0 fully saturated rings. The van der Waals surface area contributed by atoms with E-state index in [2.05, 4.69) is 0 Å². The average Bonchev–Trinajstić information content (AvgIpc) is 2.09. The molecule has 0 aliphatic carbocycles. The summed E-state index contributed by atoms with van der Waals surface area (Å²) in [6.45, 7) is -1.62. The fourth-order valence-electron chi connectivity index (χ4n) is 0.300. The summed E-state index contributed by atoms with van der Waals surface area (Å²) < 4.78 is 8.74. The van der Waals surface area contributed by atoms with E-state index in [1.165, 1.54) is 0 Å². The third-order valence-corrected chi connectivity index (χ3v) is 1.34. The van der Waals surface area contributed by atoms with Crippen molar-refractivity contribution in [1.29, 1.82) is 0 Å². The highest BCUT2D eigenvalue weighted by molar-refractivity contribution is 7.30. The molecule has 0 rings (SSSR count). The first-order valence-corrected chi connectivity index (χ1v) is 4.63. The minimum Gasteiger partial charge on any atom is -0.396 e. The van der Waals surface area contributed by atoms with Gasteiger partial charge in [0.1, 0.15) is 0 Å². The lowest BCUT2D eigenvalue weighted by Crippen LogP contribution is -2.37. The van der Waals surface area contributed by atoms with E-state index >= 15 is 0 Å². The number of aliphatic hydroxyl groups is 4. The summed E-state index contributed by atoms with van der Waals surface area (Å²) in [5.41, 5.74) is -1.11. The molecule has 8 heteroatoms. The van der Waals surface area contributed by atoms with Gasteiger partial charge in [-0.05, 0) is 0 Å². The highest BCUT2D eigenvalue weighted by Gasteiger charge is 2.26. The first-order valence-electron chi connectivity index (χ1n) is 3.33. The summed E-state index contributed by atoms with van der Waals surface area (Å²) in [5.74, 6) is 0. The molecule has 0 aromatic heterocycles. The van der Waals surface area contributed by atoms with E-state index in [1.54, 1.807) is 0 Å². The van der Waals surface area contributed by atoms with Crippen LogP contribution in [-0.4, -0.2) is 56.6 Å². The van der Waals surface area contributed by atoms with Crippen LogP contribution in [0.25, 0.3) is 0 Å². The molecule has 0 aliphatic heterocycles. The molecule has 0 heterocycles. The molecular weight excluding hydrogens is 203 g/mol. The van der Waals surface area contributed by atoms with Crippen molar-refractivity contribution in [3.05, 3.63) is 0 Å². The molecule has 0 aromatic rings. The van der Waals surface area contributed by atoms with Crippen molar-refractivity contribution in [3.8, 4) is 0 Å². The van der Waals surface area contributed by atoms with Crippen LogP contribution in [0.2, 0.25) is 0 Å². The van der Waals surface area contributed by atoms with E-state index in [0.29, 0.717) is 0 Å². The molecule has 0 spiro atoms. The van der Waals surface area contributed by atoms with E-state index in [-0.39, 0.29) is 0 Å². The Bertz CT molecular complexity index is 113. The third-order valence-electron chi connectivity index (χ3n) is 1.34. The summed E-state index contributed by atoms with van der Waals surface area (Å²) >= 11 is 0. The van der Waals surface area contributed by atoms with Gasteiger partial charge in [0.25, 0.3) is 0 Å². The highest BCUT2D eigenvalue weighted by atomic mass is 31.1. The topological polar surface area (TPSA) is 138 Å². The second kappa shape index (κ2) is 8.58. The molecule has 0 atom stereocenters. The maximum atomic E-state index is 8.74. The van der Waals surface area contributed by atoms with Crippen molar-refractivity contribution in [2.45, 2.75) is 0 Å². The van der Waals surface area contributed by atoms with Gasteiger partial charge in [-0.25, -0.2) is 0 Å². The molecule has 7 nitrogen and oxygen atoms in total. The largest absolute Gasteiger partial charge is 0.396 e. The van der Waals surface area contributed by atoms with Gasteiger partial charge in [0.2, 0.25) is 0 Å². The maximum absolute atomic E-state index is 8.74. The predicted molar refractivity (Wildman–Crippen MR) is 44.2 cm³/mol. The Balaban J connectivity index is 0. The fourth-order valence-corrected chi connectivity index (χ4v) is 0.300. The van der Waals surface area contributed by atoms with E-state index in [1.807, 2.05) is 0 Å². The van der Waals surface area contributed by atoms with E-state index in [4.69, 9.17) is 34.8 Å². The lowest BCUT2D eigenvalue weighted by Gasteiger charge is -2.23. The molecule has 0 unspecified atom stereocenters. The van der Waals surface area contributed by atoms with E-state index in [9.17, 15) is 0 Å². The molecule has 0 bridgehead atoms. The number of hydrogen-bond donors (Lipinski definition) is 6. The van der Waals surface area contributed by atoms with Crippen LogP contribution in [0.4, 0.5) is 0 Å². The Hall–Kier alpha value is -0.0100.